The first-order valence-electron chi connectivity index (χ1n) is 10.3. The van der Waals surface area contributed by atoms with Crippen molar-refractivity contribution in [3.63, 3.8) is 0 Å². The Balaban J connectivity index is 4.01. The minimum Gasteiger partial charge on any atom is -0.465 e. The van der Waals surface area contributed by atoms with Crippen LogP contribution in [0.4, 0.5) is 4.79 Å². The predicted molar refractivity (Wildman–Crippen MR) is 111 cm³/mol. The van der Waals surface area contributed by atoms with E-state index in [1.54, 1.807) is 0 Å². The normalized spacial score (nSPS) is 11.6. The van der Waals surface area contributed by atoms with Crippen molar-refractivity contribution in [1.29, 1.82) is 0 Å². The molecule has 0 bridgehead atoms. The summed E-state index contributed by atoms with van der Waals surface area (Å²) < 4.78 is 14.5. The van der Waals surface area contributed by atoms with Gasteiger partial charge in [-0.2, -0.15) is 0 Å². The van der Waals surface area contributed by atoms with Crippen LogP contribution < -0.4 is 11.1 Å². The fourth-order valence-electron chi connectivity index (χ4n) is 2.21. The lowest BCUT2D eigenvalue weighted by molar-refractivity contribution is -0.757. The third kappa shape index (κ3) is 20.0. The summed E-state index contributed by atoms with van der Waals surface area (Å²) in [7, 11) is 0. The minimum absolute atomic E-state index is 0.00962. The molecule has 3 N–H and O–H groups in total. The number of carbonyl (C=O) groups is 3. The van der Waals surface area contributed by atoms with E-state index in [0.29, 0.717) is 32.1 Å². The number of carbonyl (C=O) groups excluding carboxylic acids is 3. The van der Waals surface area contributed by atoms with Crippen LogP contribution >= 0.6 is 0 Å². The Hall–Kier alpha value is -3.92. The van der Waals surface area contributed by atoms with Gasteiger partial charge in [-0.3, -0.25) is 19.9 Å². The zero-order valence-electron chi connectivity index (χ0n) is 18.5. The van der Waals surface area contributed by atoms with Gasteiger partial charge < -0.3 is 29.6 Å². The maximum Gasteiger partial charge on any atom is 0.409 e. The highest BCUT2D eigenvalue weighted by Crippen LogP contribution is 2.01. The Labute approximate surface area is 194 Å². The number of ether oxygens (including phenoxy) is 3. The van der Waals surface area contributed by atoms with E-state index in [1.165, 1.54) is 0 Å². The molecule has 0 aromatic rings. The molecule has 0 saturated carbocycles. The highest BCUT2D eigenvalue weighted by atomic mass is 17.0. The molecule has 0 rings (SSSR count). The van der Waals surface area contributed by atoms with Gasteiger partial charge in [0.2, 0.25) is 0 Å². The summed E-state index contributed by atoms with van der Waals surface area (Å²) in [5, 5.41) is 20.5. The number of aliphatic imine (C=N–C) groups is 1. The molecule has 0 heterocycles. The number of nitrogens with zero attached hydrogens (tertiary/aromatic N) is 3. The Morgan fingerprint density at radius 2 is 1.50 bits per heavy atom. The van der Waals surface area contributed by atoms with Crippen molar-refractivity contribution in [3.05, 3.63) is 20.2 Å². The molecule has 34 heavy (non-hydrogen) atoms. The van der Waals surface area contributed by atoms with Crippen LogP contribution in [0.2, 0.25) is 0 Å². The number of hydrogen-bond donors (Lipinski definition) is 2. The van der Waals surface area contributed by atoms with Gasteiger partial charge >= 0.3 is 12.1 Å². The van der Waals surface area contributed by atoms with Crippen molar-refractivity contribution >= 4 is 24.4 Å². The van der Waals surface area contributed by atoms with Crippen molar-refractivity contribution in [3.8, 4) is 0 Å². The van der Waals surface area contributed by atoms with E-state index < -0.39 is 28.5 Å². The van der Waals surface area contributed by atoms with E-state index in [-0.39, 0.29) is 58.1 Å². The topological polar surface area (TPSA) is 234 Å². The molecule has 0 fully saturated rings. The molecule has 0 aliphatic heterocycles. The molecule has 17 nitrogen and oxygen atoms in total. The maximum atomic E-state index is 11.7. The van der Waals surface area contributed by atoms with Crippen LogP contribution in [0.25, 0.3) is 0 Å². The number of alkyl carbamates (subject to hydrolysis) is 1. The van der Waals surface area contributed by atoms with Gasteiger partial charge in [-0.05, 0) is 32.1 Å². The zero-order chi connectivity index (χ0) is 25.6. The van der Waals surface area contributed by atoms with Crippen molar-refractivity contribution in [1.82, 2.24) is 5.32 Å². The van der Waals surface area contributed by atoms with Gasteiger partial charge in [0.05, 0.1) is 26.4 Å². The monoisotopic (exact) mass is 495 g/mol. The smallest absolute Gasteiger partial charge is 0.409 e. The van der Waals surface area contributed by atoms with Gasteiger partial charge in [0.15, 0.2) is 6.23 Å². The molecule has 0 saturated heterocycles. The van der Waals surface area contributed by atoms with E-state index in [4.69, 9.17) is 19.9 Å². The highest BCUT2D eigenvalue weighted by Gasteiger charge is 2.14. The van der Waals surface area contributed by atoms with Crippen molar-refractivity contribution in [2.75, 3.05) is 33.0 Å². The molecule has 17 heteroatoms. The Kier molecular flexibility index (Phi) is 17.5. The minimum atomic E-state index is -0.969. The summed E-state index contributed by atoms with van der Waals surface area (Å²) in [5.41, 5.74) is 5.65. The molecule has 0 aliphatic carbocycles. The number of nitrogens with two attached hydrogens (primary N) is 1. The van der Waals surface area contributed by atoms with Crippen LogP contribution in [0.5, 0.6) is 0 Å². The fraction of sp³-hybridized carbons (Fsp3) is 0.765. The van der Waals surface area contributed by atoms with Crippen LogP contribution in [0, 0.1) is 20.2 Å². The first-order chi connectivity index (χ1) is 16.2. The molecule has 0 aliphatic rings. The highest BCUT2D eigenvalue weighted by molar-refractivity contribution is 5.96. The second-order valence-electron chi connectivity index (χ2n) is 6.44. The van der Waals surface area contributed by atoms with E-state index in [1.807, 2.05) is 0 Å². The van der Waals surface area contributed by atoms with Crippen LogP contribution in [0.1, 0.15) is 44.9 Å². The summed E-state index contributed by atoms with van der Waals surface area (Å²) in [6.07, 6.45) is -0.108. The molecular formula is C17H29N5O12. The van der Waals surface area contributed by atoms with Gasteiger partial charge in [0.25, 0.3) is 16.6 Å². The zero-order valence-corrected chi connectivity index (χ0v) is 18.5. The Morgan fingerprint density at radius 3 is 2.06 bits per heavy atom. The van der Waals surface area contributed by atoms with E-state index in [9.17, 15) is 34.6 Å². The van der Waals surface area contributed by atoms with Gasteiger partial charge in [-0.1, -0.05) is 0 Å². The summed E-state index contributed by atoms with van der Waals surface area (Å²) in [6.45, 7) is 0.200. The Bertz CT molecular complexity index is 675. The van der Waals surface area contributed by atoms with E-state index in [2.05, 4.69) is 20.0 Å². The second kappa shape index (κ2) is 19.7. The van der Waals surface area contributed by atoms with E-state index in [0.717, 1.165) is 0 Å². The van der Waals surface area contributed by atoms with Gasteiger partial charge in [0, 0.05) is 13.0 Å². The largest absolute Gasteiger partial charge is 0.465 e. The van der Waals surface area contributed by atoms with Crippen molar-refractivity contribution in [2.45, 2.75) is 51.2 Å². The quantitative estimate of drug-likeness (QED) is 0.0250. The lowest BCUT2D eigenvalue weighted by Gasteiger charge is -2.16. The molecule has 0 spiro atoms. The molecule has 0 aromatic heterocycles. The van der Waals surface area contributed by atoms with E-state index >= 15 is 0 Å². The number of amides is 1. The third-order valence-corrected chi connectivity index (χ3v) is 3.73. The van der Waals surface area contributed by atoms with Gasteiger partial charge in [-0.15, -0.1) is 20.2 Å². The fourth-order valence-corrected chi connectivity index (χ4v) is 2.21. The molecule has 1 amide bonds. The lowest BCUT2D eigenvalue weighted by atomic mass is 10.3. The standard InChI is InChI=1S/C17H29N5O12/c18-14(12-16(24)30-8-1-3-10-33-21(26)27)19-7-5-6-15(32-13-23)20-17(25)31-9-2-4-11-34-22(28)29/h13,15H,1-12H2,(H2,18,19)(H,20,25). The van der Waals surface area contributed by atoms with Gasteiger partial charge in [0.1, 0.15) is 12.3 Å². The lowest BCUT2D eigenvalue weighted by Crippen LogP contribution is -2.37. The van der Waals surface area contributed by atoms with Gasteiger partial charge in [-0.25, -0.2) is 4.79 Å². The van der Waals surface area contributed by atoms with Crippen LogP contribution in [-0.4, -0.2) is 73.7 Å². The maximum absolute atomic E-state index is 11.7. The number of rotatable bonds is 21. The summed E-state index contributed by atoms with van der Waals surface area (Å²) in [5.74, 6) is -0.573. The van der Waals surface area contributed by atoms with Crippen molar-refractivity contribution < 1.29 is 48.4 Å². The first-order valence-corrected chi connectivity index (χ1v) is 10.3. The average Bonchev–Trinajstić information content (AvgIpc) is 2.75. The summed E-state index contributed by atoms with van der Waals surface area (Å²) in [4.78, 5) is 66.1. The second-order valence-corrected chi connectivity index (χ2v) is 6.44. The van der Waals surface area contributed by atoms with Crippen LogP contribution in [0.15, 0.2) is 4.99 Å². The molecule has 1 unspecified atom stereocenters. The number of nitrogens with one attached hydrogen (secondary N) is 1. The van der Waals surface area contributed by atoms with Crippen LogP contribution in [-0.2, 0) is 33.5 Å². The Morgan fingerprint density at radius 1 is 0.941 bits per heavy atom. The first kappa shape index (κ1) is 30.1. The third-order valence-electron chi connectivity index (χ3n) is 3.73. The number of esters is 1. The number of amidine groups is 1. The summed E-state index contributed by atoms with van der Waals surface area (Å²) in [6, 6.07) is 0. The number of unbranched alkanes of at least 4 members (excludes halogenated alkanes) is 2. The molecule has 0 radical (unpaired) electrons. The predicted octanol–water partition coefficient (Wildman–Crippen LogP) is 0.259. The summed E-state index contributed by atoms with van der Waals surface area (Å²) >= 11 is 0. The molecular weight excluding hydrogens is 466 g/mol. The van der Waals surface area contributed by atoms with Crippen molar-refractivity contribution in [2.24, 2.45) is 10.7 Å². The molecule has 1 atom stereocenters. The molecule has 194 valence electrons. The number of hydrogen-bond acceptors (Lipinski definition) is 13. The van der Waals surface area contributed by atoms with Crippen LogP contribution in [0.3, 0.4) is 0 Å². The molecule has 0 aromatic carbocycles. The SMILES string of the molecule is NC(CC(=O)OCCCCO[N+](=O)[O-])=NCCCC(NC(=O)OCCCCO[N+](=O)[O-])OC=O. The average molecular weight is 495 g/mol.